The second-order valence-electron chi connectivity index (χ2n) is 5.32. The number of carboxylic acids is 1. The van der Waals surface area contributed by atoms with E-state index < -0.39 is 11.9 Å². The molecule has 0 unspecified atom stereocenters. The minimum atomic E-state index is -0.839. The van der Waals surface area contributed by atoms with Crippen molar-refractivity contribution in [3.8, 4) is 0 Å². The zero-order valence-electron chi connectivity index (χ0n) is 11.2. The van der Waals surface area contributed by atoms with Gasteiger partial charge in [-0.15, -0.1) is 0 Å². The van der Waals surface area contributed by atoms with Gasteiger partial charge in [0.15, 0.2) is 0 Å². The van der Waals surface area contributed by atoms with Crippen LogP contribution in [0.15, 0.2) is 28.7 Å². The van der Waals surface area contributed by atoms with E-state index in [1.165, 1.54) is 0 Å². The van der Waals surface area contributed by atoms with Gasteiger partial charge >= 0.3 is 5.97 Å². The van der Waals surface area contributed by atoms with Crippen molar-refractivity contribution in [3.05, 3.63) is 34.4 Å². The first kappa shape index (κ1) is 14.1. The van der Waals surface area contributed by atoms with Crippen molar-refractivity contribution >= 4 is 38.7 Å². The maximum absolute atomic E-state index is 12.4. The van der Waals surface area contributed by atoms with Gasteiger partial charge in [-0.25, -0.2) is 0 Å². The van der Waals surface area contributed by atoms with Crippen LogP contribution in [-0.2, 0) is 4.79 Å². The molecular formula is C15H15BrN2O3. The number of aliphatic carboxylic acids is 1. The number of carbonyl (C=O) groups excluding carboxylic acids is 1. The summed E-state index contributed by atoms with van der Waals surface area (Å²) in [7, 11) is 0. The van der Waals surface area contributed by atoms with Crippen LogP contribution >= 0.6 is 15.9 Å². The van der Waals surface area contributed by atoms with Crippen LogP contribution in [0, 0.1) is 5.92 Å². The maximum Gasteiger partial charge on any atom is 0.308 e. The zero-order chi connectivity index (χ0) is 15.0. The van der Waals surface area contributed by atoms with E-state index in [4.69, 9.17) is 5.11 Å². The van der Waals surface area contributed by atoms with E-state index in [1.54, 1.807) is 0 Å². The second-order valence-corrected chi connectivity index (χ2v) is 6.11. The average Bonchev–Trinajstić information content (AvgIpc) is 3.04. The van der Waals surface area contributed by atoms with Crippen molar-refractivity contribution in [2.45, 2.75) is 25.3 Å². The summed E-state index contributed by atoms with van der Waals surface area (Å²) in [5.74, 6) is -1.60. The summed E-state index contributed by atoms with van der Waals surface area (Å²) in [6, 6.07) is 7.31. The number of aromatic nitrogens is 1. The molecule has 0 radical (unpaired) electrons. The van der Waals surface area contributed by atoms with E-state index in [9.17, 15) is 9.59 Å². The topological polar surface area (TPSA) is 82.2 Å². The first-order valence-electron chi connectivity index (χ1n) is 6.88. The number of para-hydroxylation sites is 1. The number of H-pyrrole nitrogens is 1. The number of aromatic amines is 1. The first-order valence-corrected chi connectivity index (χ1v) is 7.67. The van der Waals surface area contributed by atoms with E-state index in [0.29, 0.717) is 23.0 Å². The molecule has 1 fully saturated rings. The third-order valence-corrected chi connectivity index (χ3v) is 4.84. The van der Waals surface area contributed by atoms with Crippen LogP contribution in [0.25, 0.3) is 10.9 Å². The molecule has 2 atom stereocenters. The SMILES string of the molecule is O=C(N[C@H]1CCC[C@H]1C(=O)O)c1[nH]c2ccccc2c1Br. The predicted octanol–water partition coefficient (Wildman–Crippen LogP) is 2.91. The Kier molecular flexibility index (Phi) is 3.71. The summed E-state index contributed by atoms with van der Waals surface area (Å²) in [6.07, 6.45) is 2.16. The molecule has 21 heavy (non-hydrogen) atoms. The van der Waals surface area contributed by atoms with Crippen LogP contribution in [0.3, 0.4) is 0 Å². The zero-order valence-corrected chi connectivity index (χ0v) is 12.8. The normalized spacial score (nSPS) is 21.6. The van der Waals surface area contributed by atoms with Crippen LogP contribution in [0.4, 0.5) is 0 Å². The van der Waals surface area contributed by atoms with Gasteiger partial charge in [0.25, 0.3) is 5.91 Å². The van der Waals surface area contributed by atoms with Crippen LogP contribution in [-0.4, -0.2) is 28.0 Å². The number of carboxylic acid groups (broad SMARTS) is 1. The minimum Gasteiger partial charge on any atom is -0.481 e. The Balaban J connectivity index is 1.84. The minimum absolute atomic E-state index is 0.267. The molecule has 3 N–H and O–H groups in total. The van der Waals surface area contributed by atoms with Crippen molar-refractivity contribution in [1.82, 2.24) is 10.3 Å². The molecule has 0 saturated heterocycles. The number of benzene rings is 1. The van der Waals surface area contributed by atoms with E-state index in [1.807, 2.05) is 24.3 Å². The molecule has 3 rings (SSSR count). The molecule has 1 aromatic heterocycles. The maximum atomic E-state index is 12.4. The number of rotatable bonds is 3. The Morgan fingerprint density at radius 1 is 1.29 bits per heavy atom. The number of hydrogen-bond donors (Lipinski definition) is 3. The Morgan fingerprint density at radius 2 is 2.05 bits per heavy atom. The molecule has 1 aromatic carbocycles. The standard InChI is InChI=1S/C15H15BrN2O3/c16-12-8-4-1-2-6-10(8)17-13(12)14(19)18-11-7-3-5-9(11)15(20)21/h1-2,4,6,9,11,17H,3,5,7H2,(H,18,19)(H,20,21)/t9-,11+/m1/s1. The van der Waals surface area contributed by atoms with E-state index >= 15 is 0 Å². The van der Waals surface area contributed by atoms with E-state index in [0.717, 1.165) is 17.3 Å². The number of hydrogen-bond acceptors (Lipinski definition) is 2. The molecule has 110 valence electrons. The Hall–Kier alpha value is -1.82. The molecule has 5 nitrogen and oxygen atoms in total. The summed E-state index contributed by atoms with van der Waals surface area (Å²) in [4.78, 5) is 26.6. The Morgan fingerprint density at radius 3 is 2.76 bits per heavy atom. The van der Waals surface area contributed by atoms with Crippen molar-refractivity contribution in [2.75, 3.05) is 0 Å². The summed E-state index contributed by atoms with van der Waals surface area (Å²) in [5, 5.41) is 12.9. The van der Waals surface area contributed by atoms with Crippen LogP contribution in [0.2, 0.25) is 0 Å². The monoisotopic (exact) mass is 350 g/mol. The number of fused-ring (bicyclic) bond motifs is 1. The summed E-state index contributed by atoms with van der Waals surface area (Å²) < 4.78 is 0.709. The fraction of sp³-hybridized carbons (Fsp3) is 0.333. The van der Waals surface area contributed by atoms with Crippen molar-refractivity contribution in [1.29, 1.82) is 0 Å². The number of amides is 1. The molecule has 1 saturated carbocycles. The number of halogens is 1. The number of carbonyl (C=O) groups is 2. The molecular weight excluding hydrogens is 336 g/mol. The van der Waals surface area contributed by atoms with Gasteiger partial charge in [-0.1, -0.05) is 24.6 Å². The van der Waals surface area contributed by atoms with Gasteiger partial charge in [0.1, 0.15) is 5.69 Å². The lowest BCUT2D eigenvalue weighted by atomic mass is 10.0. The van der Waals surface area contributed by atoms with E-state index in [-0.39, 0.29) is 11.9 Å². The van der Waals surface area contributed by atoms with Crippen molar-refractivity contribution in [3.63, 3.8) is 0 Å². The summed E-state index contributed by atoms with van der Waals surface area (Å²) in [5.41, 5.74) is 1.31. The van der Waals surface area contributed by atoms with E-state index in [2.05, 4.69) is 26.2 Å². The fourth-order valence-electron chi connectivity index (χ4n) is 2.93. The molecule has 1 heterocycles. The third-order valence-electron chi connectivity index (χ3n) is 4.02. The van der Waals surface area contributed by atoms with Gasteiger partial charge in [0.2, 0.25) is 0 Å². The van der Waals surface area contributed by atoms with Crippen molar-refractivity contribution < 1.29 is 14.7 Å². The van der Waals surface area contributed by atoms with Gasteiger partial charge < -0.3 is 15.4 Å². The highest BCUT2D eigenvalue weighted by atomic mass is 79.9. The summed E-state index contributed by atoms with van der Waals surface area (Å²) >= 11 is 3.44. The van der Waals surface area contributed by atoms with Gasteiger partial charge in [-0.05, 0) is 34.8 Å². The molecule has 1 amide bonds. The number of nitrogens with one attached hydrogen (secondary N) is 2. The molecule has 6 heteroatoms. The fourth-order valence-corrected chi connectivity index (χ4v) is 3.56. The molecule has 0 spiro atoms. The van der Waals surface area contributed by atoms with Crippen molar-refractivity contribution in [2.24, 2.45) is 5.92 Å². The lowest BCUT2D eigenvalue weighted by molar-refractivity contribution is -0.142. The molecule has 0 aliphatic heterocycles. The predicted molar refractivity (Wildman–Crippen MR) is 82.2 cm³/mol. The highest BCUT2D eigenvalue weighted by Gasteiger charge is 2.34. The largest absolute Gasteiger partial charge is 0.481 e. The van der Waals surface area contributed by atoms with Gasteiger partial charge in [-0.2, -0.15) is 0 Å². The van der Waals surface area contributed by atoms with Gasteiger partial charge in [0.05, 0.1) is 10.4 Å². The third kappa shape index (κ3) is 2.55. The molecule has 1 aliphatic carbocycles. The summed E-state index contributed by atoms with van der Waals surface area (Å²) in [6.45, 7) is 0. The van der Waals surface area contributed by atoms with Gasteiger partial charge in [0, 0.05) is 16.9 Å². The molecule has 2 aromatic rings. The van der Waals surface area contributed by atoms with Crippen LogP contribution in [0.5, 0.6) is 0 Å². The molecule has 1 aliphatic rings. The lowest BCUT2D eigenvalue weighted by Crippen LogP contribution is -2.40. The molecule has 0 bridgehead atoms. The Bertz CT molecular complexity index is 710. The Labute approximate surface area is 129 Å². The smallest absolute Gasteiger partial charge is 0.308 e. The second kappa shape index (κ2) is 5.52. The first-order chi connectivity index (χ1) is 10.1. The van der Waals surface area contributed by atoms with Gasteiger partial charge in [-0.3, -0.25) is 9.59 Å². The highest BCUT2D eigenvalue weighted by Crippen LogP contribution is 2.29. The average molecular weight is 351 g/mol. The van der Waals surface area contributed by atoms with Crippen LogP contribution in [0.1, 0.15) is 29.8 Å². The lowest BCUT2D eigenvalue weighted by Gasteiger charge is -2.17. The quantitative estimate of drug-likeness (QED) is 0.795. The highest BCUT2D eigenvalue weighted by molar-refractivity contribution is 9.10. The van der Waals surface area contributed by atoms with Crippen LogP contribution < -0.4 is 5.32 Å².